The van der Waals surface area contributed by atoms with E-state index in [1.165, 1.54) is 82.5 Å². The fourth-order valence-corrected chi connectivity index (χ4v) is 5.75. The first kappa shape index (κ1) is 19.5. The van der Waals surface area contributed by atoms with Gasteiger partial charge in [0.25, 0.3) is 0 Å². The molecule has 2 heterocycles. The second kappa shape index (κ2) is 7.78. The Morgan fingerprint density at radius 1 is 0.906 bits per heavy atom. The van der Waals surface area contributed by atoms with E-state index < -0.39 is 0 Å². The molecule has 1 saturated carbocycles. The van der Waals surface area contributed by atoms with Crippen molar-refractivity contribution >= 4 is 32.7 Å². The van der Waals surface area contributed by atoms with Crippen LogP contribution in [0.2, 0.25) is 0 Å². The maximum Gasteiger partial charge on any atom is 0.212 e. The Balaban J connectivity index is 1.48. The number of fused-ring (bicyclic) bond motifs is 5. The zero-order valence-electron chi connectivity index (χ0n) is 19.0. The number of rotatable bonds is 3. The van der Waals surface area contributed by atoms with Crippen LogP contribution in [0.4, 0.5) is 0 Å². The van der Waals surface area contributed by atoms with E-state index in [0.29, 0.717) is 0 Å². The molecular weight excluding hydrogens is 390 g/mol. The van der Waals surface area contributed by atoms with Crippen molar-refractivity contribution in [3.8, 4) is 11.3 Å². The van der Waals surface area contributed by atoms with Crippen LogP contribution in [0.25, 0.3) is 44.0 Å². The Labute approximate surface area is 189 Å². The van der Waals surface area contributed by atoms with Gasteiger partial charge >= 0.3 is 0 Å². The molecule has 0 amide bonds. The smallest absolute Gasteiger partial charge is 0.212 e. The third-order valence-corrected chi connectivity index (χ3v) is 7.52. The lowest BCUT2D eigenvalue weighted by Crippen LogP contribution is -2.31. The summed E-state index contributed by atoms with van der Waals surface area (Å²) in [6.07, 6.45) is 10.4. The SMILES string of the molecule is Cc1c(-c2cc(CC3CCCCC3)cc[n+]2C)ccc2c1oc1ccc3ccccc3c12. The topological polar surface area (TPSA) is 17.0 Å². The van der Waals surface area contributed by atoms with Crippen molar-refractivity contribution in [1.82, 2.24) is 0 Å². The number of benzene rings is 3. The predicted molar refractivity (Wildman–Crippen MR) is 133 cm³/mol. The summed E-state index contributed by atoms with van der Waals surface area (Å²) in [5, 5.41) is 4.95. The maximum absolute atomic E-state index is 6.44. The molecule has 6 rings (SSSR count). The number of hydrogen-bond donors (Lipinski definition) is 0. The number of hydrogen-bond acceptors (Lipinski definition) is 1. The van der Waals surface area contributed by atoms with Crippen LogP contribution in [-0.2, 0) is 13.5 Å². The van der Waals surface area contributed by atoms with E-state index in [-0.39, 0.29) is 0 Å². The van der Waals surface area contributed by atoms with Gasteiger partial charge < -0.3 is 4.42 Å². The molecule has 2 nitrogen and oxygen atoms in total. The van der Waals surface area contributed by atoms with Gasteiger partial charge in [-0.15, -0.1) is 0 Å². The summed E-state index contributed by atoms with van der Waals surface area (Å²) in [7, 11) is 2.15. The highest BCUT2D eigenvalue weighted by Gasteiger charge is 2.21. The van der Waals surface area contributed by atoms with Crippen molar-refractivity contribution in [3.05, 3.63) is 78.0 Å². The van der Waals surface area contributed by atoms with E-state index in [1.54, 1.807) is 0 Å². The van der Waals surface area contributed by atoms with E-state index in [9.17, 15) is 0 Å². The van der Waals surface area contributed by atoms with E-state index in [2.05, 4.69) is 85.4 Å². The van der Waals surface area contributed by atoms with E-state index >= 15 is 0 Å². The molecule has 0 spiro atoms. The van der Waals surface area contributed by atoms with Crippen molar-refractivity contribution < 1.29 is 8.98 Å². The van der Waals surface area contributed by atoms with Gasteiger partial charge in [-0.3, -0.25) is 0 Å². The van der Waals surface area contributed by atoms with E-state index in [4.69, 9.17) is 4.42 Å². The number of aryl methyl sites for hydroxylation is 2. The van der Waals surface area contributed by atoms with Gasteiger partial charge in [0.1, 0.15) is 18.2 Å². The summed E-state index contributed by atoms with van der Waals surface area (Å²) in [6, 6.07) is 22.1. The van der Waals surface area contributed by atoms with Gasteiger partial charge in [-0.1, -0.05) is 62.4 Å². The largest absolute Gasteiger partial charge is 0.456 e. The molecule has 0 bridgehead atoms. The summed E-state index contributed by atoms with van der Waals surface area (Å²) in [5.74, 6) is 0.844. The zero-order valence-corrected chi connectivity index (χ0v) is 19.0. The molecule has 160 valence electrons. The van der Waals surface area contributed by atoms with Gasteiger partial charge in [-0.2, -0.15) is 0 Å². The highest BCUT2D eigenvalue weighted by atomic mass is 16.3. The van der Waals surface area contributed by atoms with Crippen LogP contribution in [0.1, 0.15) is 43.2 Å². The predicted octanol–water partition coefficient (Wildman–Crippen LogP) is 7.66. The summed E-state index contributed by atoms with van der Waals surface area (Å²) in [5.41, 5.74) is 7.17. The van der Waals surface area contributed by atoms with Gasteiger partial charge in [0.05, 0.1) is 5.56 Å². The quantitative estimate of drug-likeness (QED) is 0.274. The monoisotopic (exact) mass is 420 g/mol. The van der Waals surface area contributed by atoms with Crippen LogP contribution in [0.3, 0.4) is 0 Å². The van der Waals surface area contributed by atoms with E-state index in [0.717, 1.165) is 17.1 Å². The van der Waals surface area contributed by atoms with Crippen LogP contribution in [0, 0.1) is 12.8 Å². The maximum atomic E-state index is 6.44. The van der Waals surface area contributed by atoms with Crippen LogP contribution < -0.4 is 4.57 Å². The number of aromatic nitrogens is 1. The van der Waals surface area contributed by atoms with Crippen molar-refractivity contribution in [2.24, 2.45) is 13.0 Å². The normalized spacial score (nSPS) is 15.2. The Morgan fingerprint density at radius 3 is 2.62 bits per heavy atom. The average Bonchev–Trinajstić information content (AvgIpc) is 3.22. The minimum absolute atomic E-state index is 0.844. The molecule has 1 aliphatic carbocycles. The highest BCUT2D eigenvalue weighted by molar-refractivity contribution is 6.19. The molecule has 0 saturated heterocycles. The molecule has 0 N–H and O–H groups in total. The standard InChI is InChI=1S/C30H30NO/c1-20-24(27-19-22(16-17-31(27)2)18-21-8-4-3-5-9-21)13-14-26-29-25-11-7-6-10-23(25)12-15-28(29)32-30(20)26/h6-7,10-17,19,21H,3-5,8-9,18H2,1-2H3/q+1. The molecule has 2 aromatic heterocycles. The molecule has 3 aromatic carbocycles. The number of furan rings is 1. The third kappa shape index (κ3) is 3.21. The minimum atomic E-state index is 0.844. The van der Waals surface area contributed by atoms with Gasteiger partial charge in [0.2, 0.25) is 5.69 Å². The lowest BCUT2D eigenvalue weighted by atomic mass is 9.85. The molecule has 1 aliphatic rings. The molecule has 0 aliphatic heterocycles. The Hall–Kier alpha value is -3.13. The van der Waals surface area contributed by atoms with Gasteiger partial charge in [0.15, 0.2) is 6.20 Å². The van der Waals surface area contributed by atoms with Gasteiger partial charge in [-0.25, -0.2) is 4.57 Å². The van der Waals surface area contributed by atoms with Gasteiger partial charge in [-0.05, 0) is 53.8 Å². The van der Waals surface area contributed by atoms with Crippen molar-refractivity contribution in [2.75, 3.05) is 0 Å². The Bertz CT molecular complexity index is 1450. The first-order valence-electron chi connectivity index (χ1n) is 12.0. The average molecular weight is 421 g/mol. The second-order valence-corrected chi connectivity index (χ2v) is 9.62. The fourth-order valence-electron chi connectivity index (χ4n) is 5.75. The Kier molecular flexibility index (Phi) is 4.75. The third-order valence-electron chi connectivity index (χ3n) is 7.52. The summed E-state index contributed by atoms with van der Waals surface area (Å²) in [6.45, 7) is 2.20. The van der Waals surface area contributed by atoms with Crippen molar-refractivity contribution in [3.63, 3.8) is 0 Å². The molecule has 1 fully saturated rings. The second-order valence-electron chi connectivity index (χ2n) is 9.62. The number of nitrogens with zero attached hydrogens (tertiary/aromatic N) is 1. The summed E-state index contributed by atoms with van der Waals surface area (Å²) < 4.78 is 8.68. The van der Waals surface area contributed by atoms with Crippen molar-refractivity contribution in [2.45, 2.75) is 45.4 Å². The first-order valence-corrected chi connectivity index (χ1v) is 12.0. The summed E-state index contributed by atoms with van der Waals surface area (Å²) >= 11 is 0. The molecule has 0 unspecified atom stereocenters. The zero-order chi connectivity index (χ0) is 21.7. The van der Waals surface area contributed by atoms with Crippen LogP contribution in [0.5, 0.6) is 0 Å². The van der Waals surface area contributed by atoms with Gasteiger partial charge in [0, 0.05) is 28.5 Å². The highest BCUT2D eigenvalue weighted by Crippen LogP contribution is 2.38. The fraction of sp³-hybridized carbons (Fsp3) is 0.300. The van der Waals surface area contributed by atoms with Crippen LogP contribution in [-0.4, -0.2) is 0 Å². The molecule has 0 radical (unpaired) electrons. The molecule has 5 aromatic rings. The Morgan fingerprint density at radius 2 is 1.75 bits per heavy atom. The van der Waals surface area contributed by atoms with Crippen LogP contribution in [0.15, 0.2) is 71.3 Å². The molecule has 0 atom stereocenters. The lowest BCUT2D eigenvalue weighted by molar-refractivity contribution is -0.660. The van der Waals surface area contributed by atoms with Crippen molar-refractivity contribution in [1.29, 1.82) is 0 Å². The molecular formula is C30H30NO+. The minimum Gasteiger partial charge on any atom is -0.456 e. The number of pyridine rings is 1. The van der Waals surface area contributed by atoms with Crippen LogP contribution >= 0.6 is 0 Å². The lowest BCUT2D eigenvalue weighted by Gasteiger charge is -2.21. The summed E-state index contributed by atoms with van der Waals surface area (Å²) in [4.78, 5) is 0. The molecule has 32 heavy (non-hydrogen) atoms. The first-order chi connectivity index (χ1) is 15.7. The van der Waals surface area contributed by atoms with E-state index in [1.807, 2.05) is 0 Å². The molecule has 2 heteroatoms.